The average molecular weight is 257 g/mol. The molecule has 0 aromatic carbocycles. The van der Waals surface area contributed by atoms with Crippen molar-refractivity contribution < 1.29 is 13.5 Å². The van der Waals surface area contributed by atoms with Crippen molar-refractivity contribution in [3.63, 3.8) is 0 Å². The minimum atomic E-state index is -2.91. The van der Waals surface area contributed by atoms with Gasteiger partial charge in [-0.25, -0.2) is 8.42 Å². The summed E-state index contributed by atoms with van der Waals surface area (Å²) in [6.45, 7) is 2.13. The number of aromatic nitrogens is 1. The van der Waals surface area contributed by atoms with E-state index in [1.165, 1.54) is 10.6 Å². The Labute approximate surface area is 99.6 Å². The number of rotatable bonds is 2. The standard InChI is InChI=1S/C11H15NO4S/c1-8-4-10(13)5-11(14)12(8)6-9-2-3-17(15,16)7-9/h4-5,9,13H,2-3,6-7H2,1H3. The predicted molar refractivity (Wildman–Crippen MR) is 63.9 cm³/mol. The van der Waals surface area contributed by atoms with Gasteiger partial charge in [0.1, 0.15) is 5.75 Å². The molecule has 17 heavy (non-hydrogen) atoms. The quantitative estimate of drug-likeness (QED) is 0.826. The zero-order valence-corrected chi connectivity index (χ0v) is 10.4. The van der Waals surface area contributed by atoms with E-state index in [2.05, 4.69) is 0 Å². The van der Waals surface area contributed by atoms with Gasteiger partial charge in [0.05, 0.1) is 11.5 Å². The van der Waals surface area contributed by atoms with Gasteiger partial charge >= 0.3 is 0 Å². The van der Waals surface area contributed by atoms with Crippen molar-refractivity contribution in [2.45, 2.75) is 19.9 Å². The summed E-state index contributed by atoms with van der Waals surface area (Å²) in [5.74, 6) is 0.312. The van der Waals surface area contributed by atoms with Gasteiger partial charge in [-0.2, -0.15) is 0 Å². The first-order valence-electron chi connectivity index (χ1n) is 5.48. The van der Waals surface area contributed by atoms with Crippen LogP contribution in [0.4, 0.5) is 0 Å². The minimum absolute atomic E-state index is 0.000873. The molecule has 0 saturated carbocycles. The van der Waals surface area contributed by atoms with E-state index >= 15 is 0 Å². The fraction of sp³-hybridized carbons (Fsp3) is 0.545. The van der Waals surface area contributed by atoms with E-state index < -0.39 is 9.84 Å². The summed E-state index contributed by atoms with van der Waals surface area (Å²) in [5, 5.41) is 9.25. The molecule has 1 aromatic rings. The van der Waals surface area contributed by atoms with Gasteiger partial charge in [-0.3, -0.25) is 4.79 Å². The summed E-state index contributed by atoms with van der Waals surface area (Å²) in [7, 11) is -2.91. The van der Waals surface area contributed by atoms with Gasteiger partial charge in [0.2, 0.25) is 0 Å². The van der Waals surface area contributed by atoms with Crippen LogP contribution in [-0.4, -0.2) is 29.6 Å². The highest BCUT2D eigenvalue weighted by Crippen LogP contribution is 2.20. The second kappa shape index (κ2) is 4.18. The topological polar surface area (TPSA) is 76.4 Å². The van der Waals surface area contributed by atoms with Crippen molar-refractivity contribution in [3.05, 3.63) is 28.2 Å². The maximum absolute atomic E-state index is 11.7. The smallest absolute Gasteiger partial charge is 0.254 e. The number of hydrogen-bond acceptors (Lipinski definition) is 4. The molecule has 1 fully saturated rings. The van der Waals surface area contributed by atoms with E-state index in [0.717, 1.165) is 6.07 Å². The molecule has 5 nitrogen and oxygen atoms in total. The number of sulfone groups is 1. The van der Waals surface area contributed by atoms with Crippen LogP contribution in [0, 0.1) is 12.8 Å². The lowest BCUT2D eigenvalue weighted by atomic mass is 10.1. The fourth-order valence-corrected chi connectivity index (χ4v) is 4.07. The van der Waals surface area contributed by atoms with Crippen LogP contribution in [0.2, 0.25) is 0 Å². The molecule has 0 radical (unpaired) electrons. The summed E-state index contributed by atoms with van der Waals surface area (Å²) in [4.78, 5) is 11.7. The molecule has 2 heterocycles. The molecule has 1 atom stereocenters. The molecule has 0 aliphatic carbocycles. The highest BCUT2D eigenvalue weighted by Gasteiger charge is 2.28. The molecule has 2 rings (SSSR count). The molecule has 6 heteroatoms. The predicted octanol–water partition coefficient (Wildman–Crippen LogP) is 0.297. The molecule has 0 spiro atoms. The van der Waals surface area contributed by atoms with E-state index in [9.17, 15) is 18.3 Å². The third kappa shape index (κ3) is 2.69. The van der Waals surface area contributed by atoms with E-state index in [0.29, 0.717) is 18.7 Å². The summed E-state index contributed by atoms with van der Waals surface area (Å²) in [5.41, 5.74) is 0.367. The Morgan fingerprint density at radius 2 is 2.18 bits per heavy atom. The molecular weight excluding hydrogens is 242 g/mol. The van der Waals surface area contributed by atoms with Gasteiger partial charge in [-0.1, -0.05) is 0 Å². The lowest BCUT2D eigenvalue weighted by Crippen LogP contribution is -2.25. The van der Waals surface area contributed by atoms with Crippen molar-refractivity contribution in [1.82, 2.24) is 4.57 Å². The highest BCUT2D eigenvalue weighted by atomic mass is 32.2. The zero-order valence-electron chi connectivity index (χ0n) is 9.59. The Hall–Kier alpha value is -1.30. The molecule has 94 valence electrons. The Morgan fingerprint density at radius 3 is 2.71 bits per heavy atom. The first-order valence-corrected chi connectivity index (χ1v) is 7.30. The average Bonchev–Trinajstić information content (AvgIpc) is 2.52. The van der Waals surface area contributed by atoms with Crippen LogP contribution in [0.5, 0.6) is 5.75 Å². The molecule has 1 N–H and O–H groups in total. The van der Waals surface area contributed by atoms with Crippen LogP contribution >= 0.6 is 0 Å². The molecule has 0 bridgehead atoms. The van der Waals surface area contributed by atoms with Crippen molar-refractivity contribution in [3.8, 4) is 5.75 Å². The lowest BCUT2D eigenvalue weighted by molar-refractivity contribution is 0.451. The maximum atomic E-state index is 11.7. The van der Waals surface area contributed by atoms with Gasteiger partial charge in [0.15, 0.2) is 9.84 Å². The SMILES string of the molecule is Cc1cc(O)cc(=O)n1CC1CCS(=O)(=O)C1. The Morgan fingerprint density at radius 1 is 1.47 bits per heavy atom. The molecular formula is C11H15NO4S. The van der Waals surface area contributed by atoms with E-state index in [1.54, 1.807) is 6.92 Å². The second-order valence-corrected chi connectivity index (χ2v) is 6.80. The van der Waals surface area contributed by atoms with Crippen LogP contribution in [-0.2, 0) is 16.4 Å². The van der Waals surface area contributed by atoms with Crippen molar-refractivity contribution in [1.29, 1.82) is 0 Å². The first kappa shape index (κ1) is 12.2. The van der Waals surface area contributed by atoms with Crippen molar-refractivity contribution >= 4 is 9.84 Å². The third-order valence-corrected chi connectivity index (χ3v) is 4.92. The normalized spacial score (nSPS) is 22.8. The Kier molecular flexibility index (Phi) is 2.99. The second-order valence-electron chi connectivity index (χ2n) is 4.57. The molecule has 1 saturated heterocycles. The number of aryl methyl sites for hydroxylation is 1. The van der Waals surface area contributed by atoms with Crippen molar-refractivity contribution in [2.24, 2.45) is 5.92 Å². The van der Waals surface area contributed by atoms with E-state index in [1.807, 2.05) is 0 Å². The summed E-state index contributed by atoms with van der Waals surface area (Å²) in [6.07, 6.45) is 0.606. The van der Waals surface area contributed by atoms with Crippen LogP contribution in [0.15, 0.2) is 16.9 Å². The fourth-order valence-electron chi connectivity index (χ4n) is 2.22. The molecule has 1 unspecified atom stereocenters. The van der Waals surface area contributed by atoms with Crippen molar-refractivity contribution in [2.75, 3.05) is 11.5 Å². The summed E-state index contributed by atoms with van der Waals surface area (Å²) < 4.78 is 24.2. The van der Waals surface area contributed by atoms with Gasteiger partial charge in [-0.15, -0.1) is 0 Å². The summed E-state index contributed by atoms with van der Waals surface area (Å²) in [6, 6.07) is 2.65. The first-order chi connectivity index (χ1) is 7.87. The molecule has 1 aliphatic rings. The van der Waals surface area contributed by atoms with Crippen LogP contribution in [0.1, 0.15) is 12.1 Å². The number of aromatic hydroxyl groups is 1. The highest BCUT2D eigenvalue weighted by molar-refractivity contribution is 7.91. The van der Waals surface area contributed by atoms with Gasteiger partial charge in [0, 0.05) is 18.3 Å². The maximum Gasteiger partial charge on any atom is 0.254 e. The Balaban J connectivity index is 2.23. The molecule has 0 amide bonds. The third-order valence-electron chi connectivity index (χ3n) is 3.09. The van der Waals surface area contributed by atoms with E-state index in [4.69, 9.17) is 0 Å². The van der Waals surface area contributed by atoms with E-state index in [-0.39, 0.29) is 28.7 Å². The van der Waals surface area contributed by atoms with Crippen LogP contribution in [0.3, 0.4) is 0 Å². The van der Waals surface area contributed by atoms with Gasteiger partial charge < -0.3 is 9.67 Å². The molecule has 1 aliphatic heterocycles. The zero-order chi connectivity index (χ0) is 12.6. The van der Waals surface area contributed by atoms with Crippen LogP contribution in [0.25, 0.3) is 0 Å². The van der Waals surface area contributed by atoms with Crippen LogP contribution < -0.4 is 5.56 Å². The van der Waals surface area contributed by atoms with Gasteiger partial charge in [-0.05, 0) is 25.3 Å². The summed E-state index contributed by atoms with van der Waals surface area (Å²) >= 11 is 0. The number of hydrogen-bond donors (Lipinski definition) is 1. The Bertz CT molecular complexity index is 588. The lowest BCUT2D eigenvalue weighted by Gasteiger charge is -2.13. The monoisotopic (exact) mass is 257 g/mol. The number of pyridine rings is 1. The molecule has 1 aromatic heterocycles. The van der Waals surface area contributed by atoms with Gasteiger partial charge in [0.25, 0.3) is 5.56 Å². The minimum Gasteiger partial charge on any atom is -0.508 e. The number of nitrogens with zero attached hydrogens (tertiary/aromatic N) is 1. The largest absolute Gasteiger partial charge is 0.508 e.